The summed E-state index contributed by atoms with van der Waals surface area (Å²) in [6.07, 6.45) is 0.406. The van der Waals surface area contributed by atoms with E-state index in [2.05, 4.69) is 5.32 Å². The Kier molecular flexibility index (Phi) is 7.41. The molecule has 0 saturated carbocycles. The molecule has 1 amide bonds. The van der Waals surface area contributed by atoms with Crippen molar-refractivity contribution in [3.05, 3.63) is 64.4 Å². The molecule has 2 aromatic rings. The highest BCUT2D eigenvalue weighted by Crippen LogP contribution is 2.21. The van der Waals surface area contributed by atoms with E-state index < -0.39 is 11.8 Å². The summed E-state index contributed by atoms with van der Waals surface area (Å²) in [6.45, 7) is 0.452. The summed E-state index contributed by atoms with van der Waals surface area (Å²) in [5.41, 5.74) is 1.29. The average Bonchev–Trinajstić information content (AvgIpc) is 2.61. The van der Waals surface area contributed by atoms with Gasteiger partial charge in [-0.1, -0.05) is 29.8 Å². The maximum Gasteiger partial charge on any atom is 0.303 e. The van der Waals surface area contributed by atoms with E-state index in [1.165, 1.54) is 12.1 Å². The van der Waals surface area contributed by atoms with Crippen LogP contribution in [-0.4, -0.2) is 23.5 Å². The minimum absolute atomic E-state index is 0.0271. The molecule has 138 valence electrons. The van der Waals surface area contributed by atoms with Gasteiger partial charge in [0.05, 0.1) is 11.4 Å². The van der Waals surface area contributed by atoms with E-state index in [0.717, 1.165) is 5.56 Å². The van der Waals surface area contributed by atoms with E-state index in [0.29, 0.717) is 29.3 Å². The fourth-order valence-corrected chi connectivity index (χ4v) is 2.45. The zero-order valence-electron chi connectivity index (χ0n) is 14.0. The SMILES string of the molecule is O=C(O)CCC(=O)NCCc1ccc(OCc2c(F)cccc2Cl)cc1. The largest absolute Gasteiger partial charge is 0.489 e. The number of hydrogen-bond donors (Lipinski definition) is 2. The summed E-state index contributed by atoms with van der Waals surface area (Å²) in [5, 5.41) is 11.5. The molecule has 0 fully saturated rings. The Hall–Kier alpha value is -2.60. The van der Waals surface area contributed by atoms with Crippen molar-refractivity contribution in [3.63, 3.8) is 0 Å². The summed E-state index contributed by atoms with van der Waals surface area (Å²) in [5.74, 6) is -1.10. The van der Waals surface area contributed by atoms with E-state index in [9.17, 15) is 14.0 Å². The molecule has 0 aromatic heterocycles. The number of carboxylic acid groups (broad SMARTS) is 1. The third-order valence-corrected chi connectivity index (χ3v) is 4.02. The number of carboxylic acids is 1. The fourth-order valence-electron chi connectivity index (χ4n) is 2.23. The molecule has 0 aliphatic heterocycles. The van der Waals surface area contributed by atoms with Crippen molar-refractivity contribution in [2.24, 2.45) is 0 Å². The second-order valence-electron chi connectivity index (χ2n) is 5.63. The molecule has 0 aliphatic carbocycles. The van der Waals surface area contributed by atoms with Gasteiger partial charge >= 0.3 is 5.97 Å². The lowest BCUT2D eigenvalue weighted by atomic mass is 10.1. The Morgan fingerprint density at radius 3 is 2.50 bits per heavy atom. The van der Waals surface area contributed by atoms with Crippen LogP contribution in [0.2, 0.25) is 5.02 Å². The fraction of sp³-hybridized carbons (Fsp3) is 0.263. The lowest BCUT2D eigenvalue weighted by molar-refractivity contribution is -0.138. The molecule has 0 saturated heterocycles. The first-order chi connectivity index (χ1) is 12.5. The van der Waals surface area contributed by atoms with Crippen LogP contribution in [0.25, 0.3) is 0 Å². The first-order valence-corrected chi connectivity index (χ1v) is 8.46. The molecule has 7 heteroatoms. The molecule has 0 aliphatic rings. The molecule has 0 heterocycles. The van der Waals surface area contributed by atoms with Crippen LogP contribution < -0.4 is 10.1 Å². The Morgan fingerprint density at radius 1 is 1.12 bits per heavy atom. The van der Waals surface area contributed by atoms with Crippen LogP contribution >= 0.6 is 11.6 Å². The normalized spacial score (nSPS) is 10.4. The van der Waals surface area contributed by atoms with Crippen LogP contribution in [0, 0.1) is 5.82 Å². The van der Waals surface area contributed by atoms with Crippen molar-refractivity contribution in [1.82, 2.24) is 5.32 Å². The second kappa shape index (κ2) is 9.77. The van der Waals surface area contributed by atoms with Crippen LogP contribution in [0.3, 0.4) is 0 Å². The predicted octanol–water partition coefficient (Wildman–Crippen LogP) is 3.58. The standard InChI is InChI=1S/C19H19ClFNO4/c20-16-2-1-3-17(21)15(16)12-26-14-6-4-13(5-7-14)10-11-22-18(23)8-9-19(24)25/h1-7H,8-12H2,(H,22,23)(H,24,25). The molecule has 0 atom stereocenters. The predicted molar refractivity (Wildman–Crippen MR) is 95.8 cm³/mol. The van der Waals surface area contributed by atoms with Crippen LogP contribution in [0.5, 0.6) is 5.75 Å². The van der Waals surface area contributed by atoms with Gasteiger partial charge in [-0.15, -0.1) is 0 Å². The molecule has 2 N–H and O–H groups in total. The van der Waals surface area contributed by atoms with Crippen LogP contribution in [0.1, 0.15) is 24.0 Å². The van der Waals surface area contributed by atoms with Crippen molar-refractivity contribution in [2.45, 2.75) is 25.9 Å². The number of carbonyl (C=O) groups is 2. The summed E-state index contributed by atoms with van der Waals surface area (Å²) in [4.78, 5) is 21.8. The smallest absolute Gasteiger partial charge is 0.303 e. The highest BCUT2D eigenvalue weighted by atomic mass is 35.5. The third-order valence-electron chi connectivity index (χ3n) is 3.67. The number of nitrogens with one attached hydrogen (secondary N) is 1. The maximum atomic E-state index is 13.7. The van der Waals surface area contributed by atoms with Crippen molar-refractivity contribution in [2.75, 3.05) is 6.54 Å². The molecule has 2 aromatic carbocycles. The van der Waals surface area contributed by atoms with Gasteiger partial charge in [0.1, 0.15) is 18.2 Å². The molecule has 2 rings (SSSR count). The van der Waals surface area contributed by atoms with Gasteiger partial charge in [-0.2, -0.15) is 0 Å². The second-order valence-corrected chi connectivity index (χ2v) is 6.03. The lowest BCUT2D eigenvalue weighted by Gasteiger charge is -2.10. The van der Waals surface area contributed by atoms with Gasteiger partial charge in [-0.3, -0.25) is 9.59 Å². The molecule has 0 radical (unpaired) electrons. The summed E-state index contributed by atoms with van der Waals surface area (Å²) in [7, 11) is 0. The van der Waals surface area contributed by atoms with Crippen LogP contribution in [0.4, 0.5) is 4.39 Å². The van der Waals surface area contributed by atoms with Crippen molar-refractivity contribution < 1.29 is 23.8 Å². The topological polar surface area (TPSA) is 75.6 Å². The highest BCUT2D eigenvalue weighted by Gasteiger charge is 2.08. The van der Waals surface area contributed by atoms with E-state index in [1.807, 2.05) is 12.1 Å². The molecule has 5 nitrogen and oxygen atoms in total. The molecule has 26 heavy (non-hydrogen) atoms. The third kappa shape index (κ3) is 6.37. The number of halogens is 2. The minimum atomic E-state index is -0.993. The average molecular weight is 380 g/mol. The van der Waals surface area contributed by atoms with Gasteiger partial charge < -0.3 is 15.2 Å². The van der Waals surface area contributed by atoms with Gasteiger partial charge in [-0.05, 0) is 36.2 Å². The number of aliphatic carboxylic acids is 1. The molecule has 0 bridgehead atoms. The van der Waals surface area contributed by atoms with Crippen LogP contribution in [0.15, 0.2) is 42.5 Å². The number of hydrogen-bond acceptors (Lipinski definition) is 3. The van der Waals surface area contributed by atoms with Crippen molar-refractivity contribution in [1.29, 1.82) is 0 Å². The maximum absolute atomic E-state index is 13.7. The van der Waals surface area contributed by atoms with Gasteiger partial charge in [0.25, 0.3) is 0 Å². The quantitative estimate of drug-likeness (QED) is 0.698. The monoisotopic (exact) mass is 379 g/mol. The number of ether oxygens (including phenoxy) is 1. The van der Waals surface area contributed by atoms with Gasteiger partial charge in [-0.25, -0.2) is 4.39 Å². The van der Waals surface area contributed by atoms with E-state index in [4.69, 9.17) is 21.4 Å². The Morgan fingerprint density at radius 2 is 1.85 bits per heavy atom. The number of benzene rings is 2. The van der Waals surface area contributed by atoms with Crippen LogP contribution in [-0.2, 0) is 22.6 Å². The van der Waals surface area contributed by atoms with E-state index in [-0.39, 0.29) is 25.4 Å². The molecule has 0 spiro atoms. The number of rotatable bonds is 9. The lowest BCUT2D eigenvalue weighted by Crippen LogP contribution is -2.25. The molecular weight excluding hydrogens is 361 g/mol. The number of amides is 1. The first-order valence-electron chi connectivity index (χ1n) is 8.09. The van der Waals surface area contributed by atoms with Gasteiger partial charge in [0.15, 0.2) is 0 Å². The Labute approximate surface area is 155 Å². The zero-order valence-corrected chi connectivity index (χ0v) is 14.8. The minimum Gasteiger partial charge on any atom is -0.489 e. The first kappa shape index (κ1) is 19.7. The van der Waals surface area contributed by atoms with Gasteiger partial charge in [0.2, 0.25) is 5.91 Å². The van der Waals surface area contributed by atoms with Gasteiger partial charge in [0, 0.05) is 18.5 Å². The van der Waals surface area contributed by atoms with E-state index in [1.54, 1.807) is 18.2 Å². The number of carbonyl (C=O) groups excluding carboxylic acids is 1. The van der Waals surface area contributed by atoms with Crippen molar-refractivity contribution >= 4 is 23.5 Å². The summed E-state index contributed by atoms with van der Waals surface area (Å²) >= 11 is 5.96. The molecule has 0 unspecified atom stereocenters. The van der Waals surface area contributed by atoms with E-state index >= 15 is 0 Å². The molecular formula is C19H19ClFNO4. The summed E-state index contributed by atoms with van der Waals surface area (Å²) in [6, 6.07) is 11.7. The highest BCUT2D eigenvalue weighted by molar-refractivity contribution is 6.31. The van der Waals surface area contributed by atoms with Crippen molar-refractivity contribution in [3.8, 4) is 5.75 Å². The summed E-state index contributed by atoms with van der Waals surface area (Å²) < 4.78 is 19.2. The Bertz CT molecular complexity index is 744. The Balaban J connectivity index is 1.77. The zero-order chi connectivity index (χ0) is 18.9.